The van der Waals surface area contributed by atoms with E-state index in [4.69, 9.17) is 11.6 Å². The molecular weight excluding hydrogens is 420 g/mol. The zero-order valence-corrected chi connectivity index (χ0v) is 20.8. The first-order valence-corrected chi connectivity index (χ1v) is 11.9. The van der Waals surface area contributed by atoms with Crippen LogP contribution in [0.4, 0.5) is 0 Å². The lowest BCUT2D eigenvalue weighted by atomic mass is 9.86. The van der Waals surface area contributed by atoms with Crippen LogP contribution in [-0.2, 0) is 28.0 Å². The first-order valence-electron chi connectivity index (χ1n) is 11.5. The third kappa shape index (κ3) is 7.98. The van der Waals surface area contributed by atoms with E-state index >= 15 is 0 Å². The smallest absolute Gasteiger partial charge is 0.242 e. The van der Waals surface area contributed by atoms with Gasteiger partial charge in [0.1, 0.15) is 6.04 Å². The van der Waals surface area contributed by atoms with E-state index in [1.165, 1.54) is 5.56 Å². The SMILES string of the molecule is CCCCNC(=O)[C@H](C)N(Cc1cccc(Cl)c1)C(=O)CCc1ccc(C(C)(C)C)cc1. The van der Waals surface area contributed by atoms with Gasteiger partial charge in [-0.3, -0.25) is 9.59 Å². The molecule has 2 rings (SSSR count). The number of hydrogen-bond donors (Lipinski definition) is 1. The maximum atomic E-state index is 13.2. The van der Waals surface area contributed by atoms with Gasteiger partial charge in [-0.1, -0.05) is 82.1 Å². The molecule has 0 aliphatic carbocycles. The quantitative estimate of drug-likeness (QED) is 0.452. The van der Waals surface area contributed by atoms with Crippen molar-refractivity contribution in [1.82, 2.24) is 10.2 Å². The number of carbonyl (C=O) groups excluding carboxylic acids is 2. The monoisotopic (exact) mass is 456 g/mol. The zero-order valence-electron chi connectivity index (χ0n) is 20.1. The molecule has 0 aliphatic rings. The Morgan fingerprint density at radius 3 is 2.34 bits per heavy atom. The molecule has 2 amide bonds. The van der Waals surface area contributed by atoms with Gasteiger partial charge >= 0.3 is 0 Å². The van der Waals surface area contributed by atoms with Crippen molar-refractivity contribution in [3.05, 3.63) is 70.2 Å². The summed E-state index contributed by atoms with van der Waals surface area (Å²) in [5.74, 6) is -0.161. The summed E-state index contributed by atoms with van der Waals surface area (Å²) in [6, 6.07) is 15.3. The fourth-order valence-electron chi connectivity index (χ4n) is 3.52. The van der Waals surface area contributed by atoms with Gasteiger partial charge in [0.05, 0.1) is 0 Å². The van der Waals surface area contributed by atoms with Crippen molar-refractivity contribution in [3.63, 3.8) is 0 Å². The predicted octanol–water partition coefficient (Wildman–Crippen LogP) is 5.90. The largest absolute Gasteiger partial charge is 0.354 e. The van der Waals surface area contributed by atoms with E-state index < -0.39 is 6.04 Å². The standard InChI is InChI=1S/C27H37ClN2O2/c1-6-7-17-29-26(32)20(2)30(19-22-9-8-10-24(28)18-22)25(31)16-13-21-11-14-23(15-12-21)27(3,4)5/h8-12,14-15,18,20H,6-7,13,16-17,19H2,1-5H3,(H,29,32)/t20-/m0/s1. The van der Waals surface area contributed by atoms with Crippen LogP contribution in [0.5, 0.6) is 0 Å². The van der Waals surface area contributed by atoms with E-state index in [1.54, 1.807) is 17.9 Å². The summed E-state index contributed by atoms with van der Waals surface area (Å²) in [4.78, 5) is 27.6. The van der Waals surface area contributed by atoms with E-state index in [-0.39, 0.29) is 17.2 Å². The Bertz CT molecular complexity index is 887. The summed E-state index contributed by atoms with van der Waals surface area (Å²) in [6.07, 6.45) is 2.92. The normalized spacial score (nSPS) is 12.3. The van der Waals surface area contributed by atoms with Crippen molar-refractivity contribution in [3.8, 4) is 0 Å². The van der Waals surface area contributed by atoms with Crippen LogP contribution in [0, 0.1) is 0 Å². The Labute approximate surface area is 198 Å². The van der Waals surface area contributed by atoms with Crippen LogP contribution in [0.15, 0.2) is 48.5 Å². The molecule has 0 radical (unpaired) electrons. The molecule has 4 nitrogen and oxygen atoms in total. The minimum absolute atomic E-state index is 0.0389. The zero-order chi connectivity index (χ0) is 23.7. The number of halogens is 1. The Kier molecular flexibility index (Phi) is 9.77. The lowest BCUT2D eigenvalue weighted by Gasteiger charge is -2.29. The molecule has 0 fully saturated rings. The third-order valence-corrected chi connectivity index (χ3v) is 5.92. The van der Waals surface area contributed by atoms with Crippen LogP contribution in [0.1, 0.15) is 70.6 Å². The fraction of sp³-hybridized carbons (Fsp3) is 0.481. The topological polar surface area (TPSA) is 49.4 Å². The van der Waals surface area contributed by atoms with Crippen molar-refractivity contribution in [2.24, 2.45) is 0 Å². The molecule has 1 N–H and O–H groups in total. The first-order chi connectivity index (χ1) is 15.1. The Balaban J connectivity index is 2.11. The minimum Gasteiger partial charge on any atom is -0.354 e. The Morgan fingerprint density at radius 1 is 1.06 bits per heavy atom. The number of aryl methyl sites for hydroxylation is 1. The van der Waals surface area contributed by atoms with Gasteiger partial charge in [-0.2, -0.15) is 0 Å². The highest BCUT2D eigenvalue weighted by atomic mass is 35.5. The lowest BCUT2D eigenvalue weighted by Crippen LogP contribution is -2.47. The van der Waals surface area contributed by atoms with E-state index in [1.807, 2.05) is 18.2 Å². The van der Waals surface area contributed by atoms with Crippen LogP contribution in [0.25, 0.3) is 0 Å². The van der Waals surface area contributed by atoms with Gasteiger partial charge in [-0.25, -0.2) is 0 Å². The molecule has 0 aliphatic heterocycles. The molecule has 174 valence electrons. The summed E-state index contributed by atoms with van der Waals surface area (Å²) in [5, 5.41) is 3.57. The molecule has 0 saturated carbocycles. The van der Waals surface area contributed by atoms with Crippen LogP contribution in [-0.4, -0.2) is 29.3 Å². The second-order valence-electron chi connectivity index (χ2n) is 9.42. The number of rotatable bonds is 10. The van der Waals surface area contributed by atoms with Gasteiger partial charge in [0, 0.05) is 24.5 Å². The van der Waals surface area contributed by atoms with Gasteiger partial charge < -0.3 is 10.2 Å². The van der Waals surface area contributed by atoms with E-state index in [0.717, 1.165) is 24.0 Å². The summed E-state index contributed by atoms with van der Waals surface area (Å²) in [6.45, 7) is 11.4. The van der Waals surface area contributed by atoms with Crippen LogP contribution < -0.4 is 5.32 Å². The second-order valence-corrected chi connectivity index (χ2v) is 9.86. The third-order valence-electron chi connectivity index (χ3n) is 5.69. The van der Waals surface area contributed by atoms with Crippen molar-refractivity contribution in [2.75, 3.05) is 6.54 Å². The highest BCUT2D eigenvalue weighted by molar-refractivity contribution is 6.30. The van der Waals surface area contributed by atoms with Gasteiger partial charge in [0.2, 0.25) is 11.8 Å². The van der Waals surface area contributed by atoms with Crippen molar-refractivity contribution < 1.29 is 9.59 Å². The Hall–Kier alpha value is -2.33. The molecule has 0 saturated heterocycles. The lowest BCUT2D eigenvalue weighted by molar-refractivity contribution is -0.140. The number of amides is 2. The highest BCUT2D eigenvalue weighted by Gasteiger charge is 2.26. The summed E-state index contributed by atoms with van der Waals surface area (Å²) in [5.41, 5.74) is 3.40. The summed E-state index contributed by atoms with van der Waals surface area (Å²) < 4.78 is 0. The first kappa shape index (κ1) is 25.9. The van der Waals surface area contributed by atoms with Gasteiger partial charge in [0.15, 0.2) is 0 Å². The van der Waals surface area contributed by atoms with Gasteiger partial charge in [-0.05, 0) is 54.0 Å². The van der Waals surface area contributed by atoms with Crippen molar-refractivity contribution in [1.29, 1.82) is 0 Å². The van der Waals surface area contributed by atoms with E-state index in [0.29, 0.717) is 31.0 Å². The maximum Gasteiger partial charge on any atom is 0.242 e. The van der Waals surface area contributed by atoms with E-state index in [2.05, 4.69) is 57.3 Å². The number of benzene rings is 2. The molecule has 0 heterocycles. The molecular formula is C27H37ClN2O2. The molecule has 2 aromatic carbocycles. The van der Waals surface area contributed by atoms with Crippen LogP contribution >= 0.6 is 11.6 Å². The second kappa shape index (κ2) is 12.1. The molecule has 0 unspecified atom stereocenters. The highest BCUT2D eigenvalue weighted by Crippen LogP contribution is 2.23. The van der Waals surface area contributed by atoms with Gasteiger partial charge in [0.25, 0.3) is 0 Å². The van der Waals surface area contributed by atoms with Crippen molar-refractivity contribution >= 4 is 23.4 Å². The number of nitrogens with one attached hydrogen (secondary N) is 1. The van der Waals surface area contributed by atoms with Crippen molar-refractivity contribution in [2.45, 2.75) is 78.3 Å². The number of hydrogen-bond acceptors (Lipinski definition) is 2. The average Bonchev–Trinajstić information content (AvgIpc) is 2.75. The summed E-state index contributed by atoms with van der Waals surface area (Å²) in [7, 11) is 0. The number of carbonyl (C=O) groups is 2. The molecule has 32 heavy (non-hydrogen) atoms. The van der Waals surface area contributed by atoms with Crippen LogP contribution in [0.2, 0.25) is 5.02 Å². The molecule has 0 bridgehead atoms. The molecule has 2 aromatic rings. The van der Waals surface area contributed by atoms with Crippen LogP contribution in [0.3, 0.4) is 0 Å². The van der Waals surface area contributed by atoms with E-state index in [9.17, 15) is 9.59 Å². The number of nitrogens with zero attached hydrogens (tertiary/aromatic N) is 1. The Morgan fingerprint density at radius 2 is 1.75 bits per heavy atom. The maximum absolute atomic E-state index is 13.2. The minimum atomic E-state index is -0.554. The molecule has 5 heteroatoms. The molecule has 0 aromatic heterocycles. The predicted molar refractivity (Wildman–Crippen MR) is 133 cm³/mol. The number of unbranched alkanes of at least 4 members (excludes halogenated alkanes) is 1. The summed E-state index contributed by atoms with van der Waals surface area (Å²) >= 11 is 6.14. The fourth-order valence-corrected chi connectivity index (χ4v) is 3.73. The molecule has 0 spiro atoms. The average molecular weight is 457 g/mol. The van der Waals surface area contributed by atoms with Gasteiger partial charge in [-0.15, -0.1) is 0 Å². The molecule has 1 atom stereocenters.